The number of halogens is 1. The molecule has 6 heteroatoms. The van der Waals surface area contributed by atoms with E-state index < -0.39 is 0 Å². The van der Waals surface area contributed by atoms with Crippen molar-refractivity contribution in [1.82, 2.24) is 24.9 Å². The monoisotopic (exact) mass is 459 g/mol. The van der Waals surface area contributed by atoms with Gasteiger partial charge in [-0.25, -0.2) is 19.9 Å². The van der Waals surface area contributed by atoms with Gasteiger partial charge in [0.25, 0.3) is 0 Å². The number of rotatable bonds is 1. The van der Waals surface area contributed by atoms with Gasteiger partial charge in [-0.2, -0.15) is 0 Å². The van der Waals surface area contributed by atoms with Crippen molar-refractivity contribution in [3.63, 3.8) is 0 Å². The molecule has 7 rings (SSSR count). The average molecular weight is 460 g/mol. The largest absolute Gasteiger partial charge is 0.354 e. The van der Waals surface area contributed by atoms with E-state index in [1.54, 1.807) is 12.5 Å². The Balaban J connectivity index is 0.000000166. The first kappa shape index (κ1) is 20.3. The second-order valence-electron chi connectivity index (χ2n) is 7.84. The molecule has 7 aromatic rings. The topological polar surface area (TPSA) is 67.3 Å². The molecule has 34 heavy (non-hydrogen) atoms. The Morgan fingerprint density at radius 2 is 1.35 bits per heavy atom. The number of benzene rings is 4. The molecule has 0 aliphatic carbocycles. The fourth-order valence-corrected chi connectivity index (χ4v) is 4.38. The van der Waals surface area contributed by atoms with Crippen molar-refractivity contribution in [2.24, 2.45) is 0 Å². The fraction of sp³-hybridized carbons (Fsp3) is 0. The summed E-state index contributed by atoms with van der Waals surface area (Å²) >= 11 is 5.60. The normalized spacial score (nSPS) is 11.1. The highest BCUT2D eigenvalue weighted by molar-refractivity contribution is 6.28. The number of H-pyrrole nitrogens is 1. The van der Waals surface area contributed by atoms with E-state index in [0.717, 1.165) is 44.1 Å². The summed E-state index contributed by atoms with van der Waals surface area (Å²) in [5, 5.41) is 4.84. The Morgan fingerprint density at radius 1 is 0.618 bits per heavy atom. The van der Waals surface area contributed by atoms with Gasteiger partial charge in [0.2, 0.25) is 5.28 Å². The van der Waals surface area contributed by atoms with Crippen molar-refractivity contribution in [2.75, 3.05) is 0 Å². The molecule has 0 atom stereocenters. The molecule has 4 aromatic carbocycles. The zero-order valence-corrected chi connectivity index (χ0v) is 18.7. The van der Waals surface area contributed by atoms with E-state index in [1.807, 2.05) is 42.5 Å². The molecule has 162 valence electrons. The van der Waals surface area contributed by atoms with E-state index >= 15 is 0 Å². The summed E-state index contributed by atoms with van der Waals surface area (Å²) in [5.41, 5.74) is 6.19. The summed E-state index contributed by atoms with van der Waals surface area (Å²) in [5.74, 6) is 0. The summed E-state index contributed by atoms with van der Waals surface area (Å²) in [6.45, 7) is 0. The highest BCUT2D eigenvalue weighted by Gasteiger charge is 2.12. The van der Waals surface area contributed by atoms with Crippen LogP contribution in [0.5, 0.6) is 0 Å². The summed E-state index contributed by atoms with van der Waals surface area (Å²) in [7, 11) is 0. The lowest BCUT2D eigenvalue weighted by molar-refractivity contribution is 1.22. The summed E-state index contributed by atoms with van der Waals surface area (Å²) in [4.78, 5) is 20.4. The van der Waals surface area contributed by atoms with Crippen molar-refractivity contribution >= 4 is 55.2 Å². The van der Waals surface area contributed by atoms with Crippen molar-refractivity contribution in [3.8, 4) is 11.3 Å². The van der Waals surface area contributed by atoms with Gasteiger partial charge in [0.15, 0.2) is 0 Å². The van der Waals surface area contributed by atoms with Crippen LogP contribution in [0.15, 0.2) is 104 Å². The maximum Gasteiger partial charge on any atom is 0.222 e. The van der Waals surface area contributed by atoms with Crippen LogP contribution in [-0.2, 0) is 0 Å². The van der Waals surface area contributed by atoms with E-state index in [9.17, 15) is 0 Å². The minimum absolute atomic E-state index is 0.295. The van der Waals surface area contributed by atoms with Crippen molar-refractivity contribution in [2.45, 2.75) is 0 Å². The molecule has 0 spiro atoms. The van der Waals surface area contributed by atoms with Gasteiger partial charge in [0, 0.05) is 38.8 Å². The Bertz CT molecular complexity index is 1790. The quantitative estimate of drug-likeness (QED) is 0.263. The zero-order chi connectivity index (χ0) is 22.9. The highest BCUT2D eigenvalue weighted by atomic mass is 35.5. The molecule has 0 saturated carbocycles. The van der Waals surface area contributed by atoms with Gasteiger partial charge in [0.1, 0.15) is 6.33 Å². The summed E-state index contributed by atoms with van der Waals surface area (Å²) in [6.07, 6.45) is 3.35. The van der Waals surface area contributed by atoms with Gasteiger partial charge in [-0.05, 0) is 29.8 Å². The first-order valence-electron chi connectivity index (χ1n) is 10.8. The van der Waals surface area contributed by atoms with Gasteiger partial charge in [-0.3, -0.25) is 0 Å². The van der Waals surface area contributed by atoms with Crippen LogP contribution in [0.1, 0.15) is 0 Å². The Kier molecular flexibility index (Phi) is 5.09. The van der Waals surface area contributed by atoms with E-state index in [1.165, 1.54) is 10.8 Å². The fourth-order valence-electron chi connectivity index (χ4n) is 4.24. The Hall–Kier alpha value is -4.35. The minimum atomic E-state index is 0.295. The molecule has 5 nitrogen and oxygen atoms in total. The van der Waals surface area contributed by atoms with Crippen LogP contribution in [0.4, 0.5) is 0 Å². The molecule has 0 radical (unpaired) electrons. The van der Waals surface area contributed by atoms with Crippen LogP contribution in [0.25, 0.3) is 54.9 Å². The van der Waals surface area contributed by atoms with E-state index in [-0.39, 0.29) is 0 Å². The van der Waals surface area contributed by atoms with Gasteiger partial charge < -0.3 is 4.98 Å². The number of para-hydroxylation sites is 4. The second kappa shape index (κ2) is 8.54. The number of hydrogen-bond donors (Lipinski definition) is 1. The van der Waals surface area contributed by atoms with Crippen molar-refractivity contribution < 1.29 is 0 Å². The number of fused-ring (bicyclic) bond motifs is 5. The van der Waals surface area contributed by atoms with Crippen LogP contribution in [-0.4, -0.2) is 24.9 Å². The Labute approximate surface area is 200 Å². The molecule has 0 aliphatic rings. The number of nitrogens with zero attached hydrogens (tertiary/aromatic N) is 4. The maximum atomic E-state index is 5.60. The van der Waals surface area contributed by atoms with Gasteiger partial charge in [0.05, 0.1) is 22.2 Å². The van der Waals surface area contributed by atoms with Crippen molar-refractivity contribution in [1.29, 1.82) is 0 Å². The third-order valence-electron chi connectivity index (χ3n) is 5.80. The molecule has 0 bridgehead atoms. The SMILES string of the molecule is Clc1ncc2ccccc2n1.c1ccc2c(-c3cccc4c3[nH]c3ccccc34)ncnc2c1. The molecule has 0 unspecified atom stereocenters. The van der Waals surface area contributed by atoms with Crippen LogP contribution in [0.2, 0.25) is 5.28 Å². The molecule has 0 amide bonds. The predicted molar refractivity (Wildman–Crippen MR) is 139 cm³/mol. The molecule has 1 N–H and O–H groups in total. The minimum Gasteiger partial charge on any atom is -0.354 e. The van der Waals surface area contributed by atoms with Crippen LogP contribution in [0, 0.1) is 0 Å². The highest BCUT2D eigenvalue weighted by Crippen LogP contribution is 2.34. The number of aromatic amines is 1. The standard InChI is InChI=1S/C20H13N3.C8H5ClN2/c1-4-11-18-13(6-1)14-8-5-9-16(20(14)23-18)19-15-7-2-3-10-17(15)21-12-22-19;9-8-10-5-6-3-1-2-4-7(6)11-8/h1-12,23H;1-5H. The molecule has 0 fully saturated rings. The lowest BCUT2D eigenvalue weighted by Crippen LogP contribution is -1.89. The number of aromatic nitrogens is 5. The third-order valence-corrected chi connectivity index (χ3v) is 5.98. The third kappa shape index (κ3) is 3.62. The molecule has 3 heterocycles. The predicted octanol–water partition coefficient (Wildman–Crippen LogP) is 7.21. The molecule has 3 aromatic heterocycles. The molecular formula is C28H18ClN5. The Morgan fingerprint density at radius 3 is 2.26 bits per heavy atom. The second-order valence-corrected chi connectivity index (χ2v) is 8.17. The smallest absolute Gasteiger partial charge is 0.222 e. The molecule has 0 saturated heterocycles. The van der Waals surface area contributed by atoms with E-state index in [2.05, 4.69) is 73.5 Å². The lowest BCUT2D eigenvalue weighted by atomic mass is 10.0. The first-order valence-corrected chi connectivity index (χ1v) is 11.2. The summed E-state index contributed by atoms with van der Waals surface area (Å²) in [6, 6.07) is 30.6. The zero-order valence-electron chi connectivity index (χ0n) is 18.0. The van der Waals surface area contributed by atoms with Crippen LogP contribution >= 0.6 is 11.6 Å². The number of hydrogen-bond acceptors (Lipinski definition) is 4. The van der Waals surface area contributed by atoms with Gasteiger partial charge in [-0.15, -0.1) is 0 Å². The first-order chi connectivity index (χ1) is 16.8. The van der Waals surface area contributed by atoms with Gasteiger partial charge >= 0.3 is 0 Å². The van der Waals surface area contributed by atoms with E-state index in [4.69, 9.17) is 11.6 Å². The number of nitrogens with one attached hydrogen (secondary N) is 1. The summed E-state index contributed by atoms with van der Waals surface area (Å²) < 4.78 is 0. The molecular weight excluding hydrogens is 442 g/mol. The maximum absolute atomic E-state index is 5.60. The van der Waals surface area contributed by atoms with Crippen LogP contribution < -0.4 is 0 Å². The van der Waals surface area contributed by atoms with Gasteiger partial charge in [-0.1, -0.05) is 72.8 Å². The van der Waals surface area contributed by atoms with Crippen molar-refractivity contribution in [3.05, 3.63) is 109 Å². The van der Waals surface area contributed by atoms with E-state index in [0.29, 0.717) is 5.28 Å². The lowest BCUT2D eigenvalue weighted by Gasteiger charge is -2.06. The van der Waals surface area contributed by atoms with Crippen LogP contribution in [0.3, 0.4) is 0 Å². The average Bonchev–Trinajstić information content (AvgIpc) is 3.28. The molecule has 0 aliphatic heterocycles.